The molecule has 1 saturated heterocycles. The number of rotatable bonds is 6. The number of hydrogen-bond acceptors (Lipinski definition) is 4. The van der Waals surface area contributed by atoms with E-state index in [-0.39, 0.29) is 24.8 Å². The summed E-state index contributed by atoms with van der Waals surface area (Å²) in [7, 11) is 1.74. The van der Waals surface area contributed by atoms with Crippen LogP contribution in [0.3, 0.4) is 0 Å². The Kier molecular flexibility index (Phi) is 4.56. The van der Waals surface area contributed by atoms with Crippen molar-refractivity contribution >= 4 is 34.6 Å². The smallest absolute Gasteiger partial charge is 0.324 e. The Hall–Kier alpha value is -3.62. The van der Waals surface area contributed by atoms with Crippen LogP contribution in [0.1, 0.15) is 12.0 Å². The summed E-state index contributed by atoms with van der Waals surface area (Å²) in [5.74, 6) is -0.364. The molecule has 0 bridgehead atoms. The Bertz CT molecular complexity index is 1050. The molecule has 1 aliphatic rings. The highest BCUT2D eigenvalue weighted by Crippen LogP contribution is 2.19. The zero-order valence-corrected chi connectivity index (χ0v) is 15.3. The molecular weight excluding hydrogens is 360 g/mol. The number of amides is 4. The molecule has 144 valence electrons. The molecule has 1 aliphatic heterocycles. The van der Waals surface area contributed by atoms with Crippen molar-refractivity contribution in [2.75, 3.05) is 11.9 Å². The van der Waals surface area contributed by atoms with Gasteiger partial charge >= 0.3 is 6.03 Å². The number of urea groups is 1. The van der Waals surface area contributed by atoms with Crippen LogP contribution in [0.4, 0.5) is 10.6 Å². The number of anilines is 1. The maximum atomic E-state index is 12.6. The van der Waals surface area contributed by atoms with Crippen LogP contribution in [0.2, 0.25) is 0 Å². The van der Waals surface area contributed by atoms with Crippen molar-refractivity contribution in [3.63, 3.8) is 0 Å². The van der Waals surface area contributed by atoms with Gasteiger partial charge in [0.25, 0.3) is 5.91 Å². The topological polar surface area (TPSA) is 112 Å². The Morgan fingerprint density at radius 1 is 1.25 bits per heavy atom. The van der Waals surface area contributed by atoms with Gasteiger partial charge in [-0.1, -0.05) is 18.2 Å². The van der Waals surface area contributed by atoms with Crippen LogP contribution in [-0.4, -0.2) is 50.1 Å². The minimum atomic E-state index is -0.862. The van der Waals surface area contributed by atoms with E-state index in [4.69, 9.17) is 0 Å². The number of benzene rings is 1. The molecule has 0 radical (unpaired) electrons. The van der Waals surface area contributed by atoms with Crippen LogP contribution in [0, 0.1) is 0 Å². The lowest BCUT2D eigenvalue weighted by atomic mass is 10.1. The summed E-state index contributed by atoms with van der Waals surface area (Å²) >= 11 is 0. The van der Waals surface area contributed by atoms with Crippen molar-refractivity contribution in [3.8, 4) is 0 Å². The average Bonchev–Trinajstić information content (AvgIpc) is 3.33. The largest absolute Gasteiger partial charge is 0.361 e. The maximum Gasteiger partial charge on any atom is 0.324 e. The second kappa shape index (κ2) is 7.18. The summed E-state index contributed by atoms with van der Waals surface area (Å²) in [5.41, 5.74) is 2.05. The van der Waals surface area contributed by atoms with Crippen molar-refractivity contribution < 1.29 is 14.4 Å². The third-order valence-corrected chi connectivity index (χ3v) is 4.76. The van der Waals surface area contributed by atoms with Gasteiger partial charge in [0, 0.05) is 43.0 Å². The molecule has 3 aromatic rings. The Labute approximate surface area is 160 Å². The van der Waals surface area contributed by atoms with Crippen LogP contribution < -0.4 is 10.6 Å². The minimum absolute atomic E-state index is 0.134. The third-order valence-electron chi connectivity index (χ3n) is 4.76. The molecule has 2 aromatic heterocycles. The predicted octanol–water partition coefficient (Wildman–Crippen LogP) is 1.39. The zero-order valence-electron chi connectivity index (χ0n) is 15.3. The molecule has 0 saturated carbocycles. The predicted molar refractivity (Wildman–Crippen MR) is 102 cm³/mol. The van der Waals surface area contributed by atoms with E-state index in [0.717, 1.165) is 16.5 Å². The van der Waals surface area contributed by atoms with Crippen LogP contribution >= 0.6 is 0 Å². The molecule has 1 aromatic carbocycles. The molecule has 3 heterocycles. The van der Waals surface area contributed by atoms with Gasteiger partial charge in [-0.3, -0.25) is 19.2 Å². The lowest BCUT2D eigenvalue weighted by molar-refractivity contribution is -0.129. The van der Waals surface area contributed by atoms with Gasteiger partial charge in [-0.25, -0.2) is 4.79 Å². The first-order valence-corrected chi connectivity index (χ1v) is 8.97. The number of aromatic nitrogens is 3. The van der Waals surface area contributed by atoms with Crippen LogP contribution in [0.25, 0.3) is 10.9 Å². The first kappa shape index (κ1) is 17.8. The highest BCUT2D eigenvalue weighted by atomic mass is 16.2. The van der Waals surface area contributed by atoms with Gasteiger partial charge in [-0.05, 0) is 18.1 Å². The quantitative estimate of drug-likeness (QED) is 0.561. The summed E-state index contributed by atoms with van der Waals surface area (Å²) in [4.78, 5) is 41.3. The van der Waals surface area contributed by atoms with E-state index in [9.17, 15) is 14.4 Å². The molecule has 1 unspecified atom stereocenters. The van der Waals surface area contributed by atoms with Gasteiger partial charge in [-0.15, -0.1) is 0 Å². The Balaban J connectivity index is 1.36. The normalized spacial score (nSPS) is 16.6. The molecule has 4 amide bonds. The number of para-hydroxylation sites is 1. The van der Waals surface area contributed by atoms with E-state index in [1.54, 1.807) is 24.0 Å². The van der Waals surface area contributed by atoms with Gasteiger partial charge in [-0.2, -0.15) is 5.10 Å². The number of imide groups is 1. The van der Waals surface area contributed by atoms with Gasteiger partial charge in [0.1, 0.15) is 6.04 Å². The van der Waals surface area contributed by atoms with E-state index >= 15 is 0 Å². The second-order valence-electron chi connectivity index (χ2n) is 6.73. The number of H-pyrrole nitrogens is 1. The maximum absolute atomic E-state index is 12.6. The summed E-state index contributed by atoms with van der Waals surface area (Å²) in [6, 6.07) is 8.19. The fourth-order valence-corrected chi connectivity index (χ4v) is 3.36. The van der Waals surface area contributed by atoms with Crippen LogP contribution in [-0.2, 0) is 23.1 Å². The minimum Gasteiger partial charge on any atom is -0.361 e. The van der Waals surface area contributed by atoms with Crippen LogP contribution in [0.15, 0.2) is 42.7 Å². The van der Waals surface area contributed by atoms with Crippen molar-refractivity contribution in [2.24, 2.45) is 7.05 Å². The summed E-state index contributed by atoms with van der Waals surface area (Å²) < 4.78 is 1.56. The number of carbonyl (C=O) groups excluding carboxylic acids is 3. The fraction of sp³-hybridized carbons (Fsp3) is 0.263. The molecular formula is C19H20N6O3. The highest BCUT2D eigenvalue weighted by Gasteiger charge is 2.38. The number of aryl methyl sites for hydroxylation is 1. The van der Waals surface area contributed by atoms with Gasteiger partial charge < -0.3 is 15.6 Å². The fourth-order valence-electron chi connectivity index (χ4n) is 3.36. The standard InChI is InChI=1S/C19H20N6O3/c1-24-8-7-16(23-24)22-17(26)10-15-18(27)25(19(28)21-15)9-6-12-11-20-14-5-3-2-4-13(12)14/h2-5,7-8,11,15,20H,6,9-10H2,1H3,(H,21,28)(H,22,23,26). The Morgan fingerprint density at radius 3 is 2.86 bits per heavy atom. The van der Waals surface area contributed by atoms with Crippen molar-refractivity contribution in [1.82, 2.24) is 25.0 Å². The number of carbonyl (C=O) groups is 3. The number of aromatic amines is 1. The van der Waals surface area contributed by atoms with Gasteiger partial charge in [0.2, 0.25) is 5.91 Å². The lowest BCUT2D eigenvalue weighted by Crippen LogP contribution is -2.35. The van der Waals surface area contributed by atoms with Gasteiger partial charge in [0.05, 0.1) is 6.42 Å². The molecule has 3 N–H and O–H groups in total. The molecule has 0 aliphatic carbocycles. The van der Waals surface area contributed by atoms with E-state index in [0.29, 0.717) is 12.2 Å². The average molecular weight is 380 g/mol. The van der Waals surface area contributed by atoms with Crippen molar-refractivity contribution in [1.29, 1.82) is 0 Å². The molecule has 9 nitrogen and oxygen atoms in total. The van der Waals surface area contributed by atoms with Crippen LogP contribution in [0.5, 0.6) is 0 Å². The summed E-state index contributed by atoms with van der Waals surface area (Å²) in [5, 5.41) is 10.3. The van der Waals surface area contributed by atoms with Crippen molar-refractivity contribution in [3.05, 3.63) is 48.3 Å². The van der Waals surface area contributed by atoms with E-state index in [1.807, 2.05) is 30.5 Å². The lowest BCUT2D eigenvalue weighted by Gasteiger charge is -2.12. The molecule has 0 spiro atoms. The zero-order chi connectivity index (χ0) is 19.7. The Morgan fingerprint density at radius 2 is 2.07 bits per heavy atom. The molecule has 1 fully saturated rings. The number of hydrogen-bond donors (Lipinski definition) is 3. The molecule has 4 rings (SSSR count). The number of nitrogens with zero attached hydrogens (tertiary/aromatic N) is 3. The first-order valence-electron chi connectivity index (χ1n) is 8.97. The van der Waals surface area contributed by atoms with E-state index < -0.39 is 12.1 Å². The first-order chi connectivity index (χ1) is 13.5. The molecule has 1 atom stereocenters. The van der Waals surface area contributed by atoms with E-state index in [1.165, 1.54) is 4.90 Å². The highest BCUT2D eigenvalue weighted by molar-refractivity contribution is 6.06. The van der Waals surface area contributed by atoms with E-state index in [2.05, 4.69) is 20.7 Å². The SMILES string of the molecule is Cn1ccc(NC(=O)CC2NC(=O)N(CCc3c[nH]c4ccccc34)C2=O)n1. The number of fused-ring (bicyclic) bond motifs is 1. The van der Waals surface area contributed by atoms with Crippen molar-refractivity contribution in [2.45, 2.75) is 18.9 Å². The monoisotopic (exact) mass is 380 g/mol. The molecule has 28 heavy (non-hydrogen) atoms. The second-order valence-corrected chi connectivity index (χ2v) is 6.73. The van der Waals surface area contributed by atoms with Gasteiger partial charge in [0.15, 0.2) is 5.82 Å². The molecule has 9 heteroatoms. The number of nitrogens with one attached hydrogen (secondary N) is 3. The third kappa shape index (κ3) is 3.46. The summed E-state index contributed by atoms with van der Waals surface area (Å²) in [6.07, 6.45) is 3.99. The summed E-state index contributed by atoms with van der Waals surface area (Å²) in [6.45, 7) is 0.255.